The minimum Gasteiger partial charge on any atom is -0.493 e. The summed E-state index contributed by atoms with van der Waals surface area (Å²) in [5, 5.41) is 10.4. The van der Waals surface area contributed by atoms with Gasteiger partial charge in [-0.05, 0) is 37.3 Å². The molecule has 0 aliphatic heterocycles. The lowest BCUT2D eigenvalue weighted by Crippen LogP contribution is -2.24. The largest absolute Gasteiger partial charge is 0.493 e. The van der Waals surface area contributed by atoms with E-state index in [0.29, 0.717) is 18.9 Å². The molecule has 3 nitrogen and oxygen atoms in total. The predicted molar refractivity (Wildman–Crippen MR) is 82.2 cm³/mol. The van der Waals surface area contributed by atoms with E-state index in [2.05, 4.69) is 0 Å². The first kappa shape index (κ1) is 15.3. The van der Waals surface area contributed by atoms with E-state index in [1.807, 2.05) is 43.1 Å². The van der Waals surface area contributed by atoms with Crippen LogP contribution < -0.4 is 9.64 Å². The third-order valence-electron chi connectivity index (χ3n) is 3.29. The number of anilines is 1. The minimum atomic E-state index is -0.678. The summed E-state index contributed by atoms with van der Waals surface area (Å²) in [5.74, 6) is 0.425. The molecule has 112 valence electrons. The monoisotopic (exact) mass is 289 g/mol. The average molecular weight is 289 g/mol. The van der Waals surface area contributed by atoms with Crippen LogP contribution in [0.2, 0.25) is 0 Å². The second-order valence-electron chi connectivity index (χ2n) is 4.84. The third kappa shape index (κ3) is 3.95. The fourth-order valence-electron chi connectivity index (χ4n) is 2.20. The van der Waals surface area contributed by atoms with Crippen LogP contribution in [0.15, 0.2) is 48.5 Å². The molecule has 0 saturated heterocycles. The van der Waals surface area contributed by atoms with Gasteiger partial charge in [-0.25, -0.2) is 4.39 Å². The van der Waals surface area contributed by atoms with E-state index < -0.39 is 6.10 Å². The number of aliphatic hydroxyl groups is 1. The molecular weight excluding hydrogens is 269 g/mol. The molecule has 2 aromatic rings. The number of ether oxygens (including phenoxy) is 1. The first-order chi connectivity index (χ1) is 10.1. The highest BCUT2D eigenvalue weighted by molar-refractivity contribution is 5.46. The van der Waals surface area contributed by atoms with Gasteiger partial charge in [-0.3, -0.25) is 0 Å². The topological polar surface area (TPSA) is 32.7 Å². The molecule has 0 bridgehead atoms. The summed E-state index contributed by atoms with van der Waals surface area (Å²) < 4.78 is 18.5. The van der Waals surface area contributed by atoms with Gasteiger partial charge in [0.05, 0.1) is 12.7 Å². The van der Waals surface area contributed by atoms with Gasteiger partial charge in [-0.2, -0.15) is 0 Å². The van der Waals surface area contributed by atoms with Crippen LogP contribution in [0.1, 0.15) is 18.6 Å². The Labute approximate surface area is 124 Å². The minimum absolute atomic E-state index is 0.269. The van der Waals surface area contributed by atoms with Gasteiger partial charge in [-0.15, -0.1) is 0 Å². The van der Waals surface area contributed by atoms with Crippen LogP contribution in [-0.2, 0) is 0 Å². The summed E-state index contributed by atoms with van der Waals surface area (Å²) in [6.45, 7) is 2.86. The van der Waals surface area contributed by atoms with E-state index in [1.54, 1.807) is 12.1 Å². The Morgan fingerprint density at radius 1 is 1.14 bits per heavy atom. The van der Waals surface area contributed by atoms with Crippen molar-refractivity contribution in [2.24, 2.45) is 0 Å². The maximum absolute atomic E-state index is 12.9. The van der Waals surface area contributed by atoms with Crippen LogP contribution in [0, 0.1) is 5.82 Å². The molecule has 0 radical (unpaired) electrons. The smallest absolute Gasteiger partial charge is 0.125 e. The van der Waals surface area contributed by atoms with Crippen molar-refractivity contribution >= 4 is 5.69 Å². The van der Waals surface area contributed by atoms with Crippen molar-refractivity contribution in [2.75, 3.05) is 25.1 Å². The first-order valence-corrected chi connectivity index (χ1v) is 6.98. The van der Waals surface area contributed by atoms with Crippen molar-refractivity contribution < 1.29 is 14.2 Å². The third-order valence-corrected chi connectivity index (χ3v) is 3.29. The molecule has 21 heavy (non-hydrogen) atoms. The Bertz CT molecular complexity index is 571. The fourth-order valence-corrected chi connectivity index (χ4v) is 2.20. The van der Waals surface area contributed by atoms with Crippen LogP contribution in [0.5, 0.6) is 5.75 Å². The number of halogens is 1. The number of para-hydroxylation sites is 1. The average Bonchev–Trinajstić information content (AvgIpc) is 2.48. The van der Waals surface area contributed by atoms with E-state index >= 15 is 0 Å². The lowest BCUT2D eigenvalue weighted by molar-refractivity contribution is 0.178. The van der Waals surface area contributed by atoms with Crippen molar-refractivity contribution in [3.63, 3.8) is 0 Å². The van der Waals surface area contributed by atoms with E-state index in [4.69, 9.17) is 4.74 Å². The molecule has 0 spiro atoms. The number of benzene rings is 2. The van der Waals surface area contributed by atoms with Crippen molar-refractivity contribution in [1.82, 2.24) is 0 Å². The van der Waals surface area contributed by atoms with Gasteiger partial charge in [0, 0.05) is 24.8 Å². The molecule has 0 aromatic heterocycles. The number of aliphatic hydroxyl groups excluding tert-OH is 1. The van der Waals surface area contributed by atoms with Crippen LogP contribution in [0.25, 0.3) is 0 Å². The second kappa shape index (κ2) is 7.09. The Hall–Kier alpha value is -2.07. The first-order valence-electron chi connectivity index (χ1n) is 6.98. The standard InChI is InChI=1S/C17H20FNO2/c1-3-21-17-7-5-4-6-15(17)16(20)12-19(2)14-10-8-13(18)9-11-14/h4-11,16,20H,3,12H2,1-2H3. The zero-order chi connectivity index (χ0) is 15.2. The molecule has 1 unspecified atom stereocenters. The van der Waals surface area contributed by atoms with Gasteiger partial charge >= 0.3 is 0 Å². The van der Waals surface area contributed by atoms with E-state index in [0.717, 1.165) is 11.3 Å². The fraction of sp³-hybridized carbons (Fsp3) is 0.294. The summed E-state index contributed by atoms with van der Waals surface area (Å²) in [6.07, 6.45) is -0.678. The normalized spacial score (nSPS) is 12.0. The lowest BCUT2D eigenvalue weighted by atomic mass is 10.1. The van der Waals surface area contributed by atoms with Crippen LogP contribution in [0.4, 0.5) is 10.1 Å². The van der Waals surface area contributed by atoms with Gasteiger partial charge in [0.2, 0.25) is 0 Å². The maximum Gasteiger partial charge on any atom is 0.125 e. The van der Waals surface area contributed by atoms with E-state index in [9.17, 15) is 9.50 Å². The highest BCUT2D eigenvalue weighted by Crippen LogP contribution is 2.26. The summed E-state index contributed by atoms with van der Waals surface area (Å²) in [7, 11) is 1.86. The Kier molecular flexibility index (Phi) is 5.17. The van der Waals surface area contributed by atoms with E-state index in [-0.39, 0.29) is 5.82 Å². The van der Waals surface area contributed by atoms with Crippen LogP contribution in [0.3, 0.4) is 0 Å². The summed E-state index contributed by atoms with van der Waals surface area (Å²) in [5.41, 5.74) is 1.61. The SMILES string of the molecule is CCOc1ccccc1C(O)CN(C)c1ccc(F)cc1. The van der Waals surface area contributed by atoms with Gasteiger partial charge < -0.3 is 14.7 Å². The summed E-state index contributed by atoms with van der Waals surface area (Å²) in [6, 6.07) is 13.7. The molecule has 2 aromatic carbocycles. The molecule has 0 aliphatic rings. The molecule has 1 N–H and O–H groups in total. The quantitative estimate of drug-likeness (QED) is 0.884. The molecule has 0 heterocycles. The van der Waals surface area contributed by atoms with Crippen LogP contribution in [-0.4, -0.2) is 25.3 Å². The molecular formula is C17H20FNO2. The molecule has 0 amide bonds. The Morgan fingerprint density at radius 2 is 1.81 bits per heavy atom. The number of likely N-dealkylation sites (N-methyl/N-ethyl adjacent to an activating group) is 1. The number of nitrogens with zero attached hydrogens (tertiary/aromatic N) is 1. The van der Waals surface area contributed by atoms with Crippen molar-refractivity contribution in [1.29, 1.82) is 0 Å². The number of hydrogen-bond acceptors (Lipinski definition) is 3. The molecule has 4 heteroatoms. The molecule has 1 atom stereocenters. The van der Waals surface area contributed by atoms with Gasteiger partial charge in [0.15, 0.2) is 0 Å². The molecule has 0 aliphatic carbocycles. The molecule has 0 fully saturated rings. The van der Waals surface area contributed by atoms with Crippen molar-refractivity contribution in [2.45, 2.75) is 13.0 Å². The van der Waals surface area contributed by atoms with Crippen LogP contribution >= 0.6 is 0 Å². The Morgan fingerprint density at radius 3 is 2.48 bits per heavy atom. The second-order valence-corrected chi connectivity index (χ2v) is 4.84. The lowest BCUT2D eigenvalue weighted by Gasteiger charge is -2.24. The number of hydrogen-bond donors (Lipinski definition) is 1. The zero-order valence-electron chi connectivity index (χ0n) is 12.3. The summed E-state index contributed by atoms with van der Waals surface area (Å²) in [4.78, 5) is 1.88. The highest BCUT2D eigenvalue weighted by atomic mass is 19.1. The highest BCUT2D eigenvalue weighted by Gasteiger charge is 2.15. The number of rotatable bonds is 6. The predicted octanol–water partition coefficient (Wildman–Crippen LogP) is 3.39. The van der Waals surface area contributed by atoms with Crippen molar-refractivity contribution in [3.05, 3.63) is 59.9 Å². The zero-order valence-corrected chi connectivity index (χ0v) is 12.3. The molecule has 2 rings (SSSR count). The Balaban J connectivity index is 2.10. The van der Waals surface area contributed by atoms with E-state index in [1.165, 1.54) is 12.1 Å². The molecule has 0 saturated carbocycles. The maximum atomic E-state index is 12.9. The van der Waals surface area contributed by atoms with Gasteiger partial charge in [0.25, 0.3) is 0 Å². The van der Waals surface area contributed by atoms with Gasteiger partial charge in [-0.1, -0.05) is 18.2 Å². The van der Waals surface area contributed by atoms with Crippen molar-refractivity contribution in [3.8, 4) is 5.75 Å². The van der Waals surface area contributed by atoms with Gasteiger partial charge in [0.1, 0.15) is 11.6 Å². The summed E-state index contributed by atoms with van der Waals surface area (Å²) >= 11 is 0.